The number of aliphatic hydroxyl groups is 7. The minimum Gasteiger partial charge on any atom is -0.394 e. The van der Waals surface area contributed by atoms with Crippen LogP contribution in [0.4, 0.5) is 0 Å². The Kier molecular flexibility index (Phi) is 6.90. The van der Waals surface area contributed by atoms with E-state index in [1.165, 1.54) is 0 Å². The van der Waals surface area contributed by atoms with Gasteiger partial charge in [-0.15, -0.1) is 0 Å². The van der Waals surface area contributed by atoms with Gasteiger partial charge in [0.1, 0.15) is 30.5 Å². The van der Waals surface area contributed by atoms with Gasteiger partial charge in [0, 0.05) is 6.04 Å². The van der Waals surface area contributed by atoms with E-state index in [0.29, 0.717) is 6.42 Å². The van der Waals surface area contributed by atoms with E-state index >= 15 is 0 Å². The van der Waals surface area contributed by atoms with Crippen molar-refractivity contribution in [2.24, 2.45) is 0 Å². The van der Waals surface area contributed by atoms with Crippen LogP contribution >= 0.6 is 0 Å². The fourth-order valence-corrected chi connectivity index (χ4v) is 3.06. The van der Waals surface area contributed by atoms with Crippen LogP contribution in [0.5, 0.6) is 0 Å². The van der Waals surface area contributed by atoms with E-state index in [9.17, 15) is 30.6 Å². The van der Waals surface area contributed by atoms with Gasteiger partial charge in [-0.25, -0.2) is 0 Å². The lowest BCUT2D eigenvalue weighted by Gasteiger charge is -2.43. The second-order valence-electron chi connectivity index (χ2n) is 6.29. The molecule has 0 aliphatic carbocycles. The fraction of sp³-hybridized carbons (Fsp3) is 1.00. The monoisotopic (exact) mass is 353 g/mol. The van der Waals surface area contributed by atoms with Crippen LogP contribution < -0.4 is 5.32 Å². The third-order valence-electron chi connectivity index (χ3n) is 4.68. The predicted octanol–water partition coefficient (Wildman–Crippen LogP) is -4.36. The van der Waals surface area contributed by atoms with Crippen molar-refractivity contribution in [3.8, 4) is 0 Å². The van der Waals surface area contributed by atoms with E-state index in [-0.39, 0.29) is 6.61 Å². The maximum Gasteiger partial charge on any atom is 0.186 e. The molecule has 0 aromatic rings. The lowest BCUT2D eigenvalue weighted by atomic mass is 9.89. The zero-order chi connectivity index (χ0) is 18.0. The van der Waals surface area contributed by atoms with Gasteiger partial charge >= 0.3 is 0 Å². The quantitative estimate of drug-likeness (QED) is 0.241. The highest BCUT2D eigenvalue weighted by Gasteiger charge is 2.46. The van der Waals surface area contributed by atoms with E-state index in [1.54, 1.807) is 6.92 Å². The summed E-state index contributed by atoms with van der Waals surface area (Å²) in [6.45, 7) is 1.04. The van der Waals surface area contributed by atoms with Gasteiger partial charge in [-0.1, -0.05) is 6.92 Å². The summed E-state index contributed by atoms with van der Waals surface area (Å²) in [6, 6.07) is -1.17. The Balaban J connectivity index is 1.96. The largest absolute Gasteiger partial charge is 0.394 e. The first-order valence-electron chi connectivity index (χ1n) is 8.04. The van der Waals surface area contributed by atoms with Gasteiger partial charge in [0.25, 0.3) is 0 Å². The summed E-state index contributed by atoms with van der Waals surface area (Å²) >= 11 is 0. The molecule has 2 fully saturated rings. The number of piperidine rings is 1. The van der Waals surface area contributed by atoms with Crippen LogP contribution in [-0.2, 0) is 9.47 Å². The average molecular weight is 353 g/mol. The topological polar surface area (TPSA) is 172 Å². The summed E-state index contributed by atoms with van der Waals surface area (Å²) in [5.41, 5.74) is 0. The van der Waals surface area contributed by atoms with Crippen LogP contribution in [-0.4, -0.2) is 110 Å². The van der Waals surface area contributed by atoms with Crippen LogP contribution in [0.3, 0.4) is 0 Å². The SMILES string of the molecule is CC[C@H]1N[C@H](CO[C@@H]2O[C@H](CO)[C@@H](O)[C@H](O)[C@H]2O)[C@H](O)[C@@H](O)[C@@H]1O. The van der Waals surface area contributed by atoms with Crippen molar-refractivity contribution in [1.82, 2.24) is 5.32 Å². The van der Waals surface area contributed by atoms with Crippen LogP contribution in [0.25, 0.3) is 0 Å². The van der Waals surface area contributed by atoms with Crippen LogP contribution in [0, 0.1) is 0 Å². The maximum absolute atomic E-state index is 10.0. The van der Waals surface area contributed by atoms with Gasteiger partial charge < -0.3 is 50.5 Å². The molecule has 0 aromatic carbocycles. The molecular formula is C14H27NO9. The van der Waals surface area contributed by atoms with E-state index in [4.69, 9.17) is 14.6 Å². The number of aliphatic hydroxyl groups excluding tert-OH is 7. The second kappa shape index (κ2) is 8.32. The summed E-state index contributed by atoms with van der Waals surface area (Å²) in [5, 5.41) is 71.1. The Hall–Kier alpha value is -0.400. The van der Waals surface area contributed by atoms with E-state index in [1.807, 2.05) is 0 Å². The minimum atomic E-state index is -1.55. The van der Waals surface area contributed by atoms with Gasteiger partial charge in [0.15, 0.2) is 6.29 Å². The molecule has 2 aliphatic rings. The van der Waals surface area contributed by atoms with Crippen molar-refractivity contribution in [3.05, 3.63) is 0 Å². The molecule has 0 saturated carbocycles. The third-order valence-corrected chi connectivity index (χ3v) is 4.68. The van der Waals surface area contributed by atoms with E-state index < -0.39 is 67.7 Å². The zero-order valence-corrected chi connectivity index (χ0v) is 13.3. The van der Waals surface area contributed by atoms with Crippen LogP contribution in [0.1, 0.15) is 13.3 Å². The highest BCUT2D eigenvalue weighted by molar-refractivity contribution is 4.98. The molecule has 0 aromatic heterocycles. The number of hydrogen-bond donors (Lipinski definition) is 8. The van der Waals surface area contributed by atoms with Crippen LogP contribution in [0.15, 0.2) is 0 Å². The van der Waals surface area contributed by atoms with Gasteiger partial charge in [-0.2, -0.15) is 0 Å². The molecule has 8 N–H and O–H groups in total. The number of hydrogen-bond acceptors (Lipinski definition) is 10. The van der Waals surface area contributed by atoms with Gasteiger partial charge in [0.2, 0.25) is 0 Å². The molecule has 0 amide bonds. The van der Waals surface area contributed by atoms with Crippen molar-refractivity contribution in [2.75, 3.05) is 13.2 Å². The molecule has 0 bridgehead atoms. The molecule has 24 heavy (non-hydrogen) atoms. The highest BCUT2D eigenvalue weighted by atomic mass is 16.7. The average Bonchev–Trinajstić information content (AvgIpc) is 2.58. The molecule has 0 radical (unpaired) electrons. The Labute approximate surface area is 139 Å². The maximum atomic E-state index is 10.0. The van der Waals surface area contributed by atoms with E-state index in [0.717, 1.165) is 0 Å². The predicted molar refractivity (Wildman–Crippen MR) is 78.7 cm³/mol. The summed E-state index contributed by atoms with van der Waals surface area (Å²) in [7, 11) is 0. The number of nitrogens with one attached hydrogen (secondary N) is 1. The van der Waals surface area contributed by atoms with Crippen molar-refractivity contribution in [1.29, 1.82) is 0 Å². The molecule has 0 unspecified atom stereocenters. The summed E-state index contributed by atoms with van der Waals surface area (Å²) < 4.78 is 10.6. The lowest BCUT2D eigenvalue weighted by molar-refractivity contribution is -0.304. The van der Waals surface area contributed by atoms with Crippen molar-refractivity contribution < 1.29 is 45.2 Å². The first-order chi connectivity index (χ1) is 11.3. The molecule has 10 atom stereocenters. The molecular weight excluding hydrogens is 326 g/mol. The normalized spacial score (nSPS) is 50.0. The standard InChI is InChI=1S/C14H27NO9/c1-2-5-8(17)11(20)9(18)6(15-5)4-23-14-13(22)12(21)10(19)7(3-16)24-14/h5-22H,2-4H2,1H3/t5-,6-,7-,8-,9+,10-,11+,12+,13-,14-/m1/s1. The Morgan fingerprint density at radius 2 is 1.42 bits per heavy atom. The molecule has 0 spiro atoms. The second-order valence-corrected chi connectivity index (χ2v) is 6.29. The molecule has 2 heterocycles. The zero-order valence-electron chi connectivity index (χ0n) is 13.3. The van der Waals surface area contributed by atoms with Crippen LogP contribution in [0.2, 0.25) is 0 Å². The summed E-state index contributed by atoms with van der Waals surface area (Å²) in [5.74, 6) is 0. The molecule has 10 nitrogen and oxygen atoms in total. The first-order valence-corrected chi connectivity index (χ1v) is 8.04. The summed E-state index contributed by atoms with van der Waals surface area (Å²) in [6.07, 6.45) is -10.2. The fourth-order valence-electron chi connectivity index (χ4n) is 3.06. The molecule has 10 heteroatoms. The summed E-state index contributed by atoms with van der Waals surface area (Å²) in [4.78, 5) is 0. The van der Waals surface area contributed by atoms with Crippen molar-refractivity contribution in [3.63, 3.8) is 0 Å². The van der Waals surface area contributed by atoms with Gasteiger partial charge in [-0.05, 0) is 6.42 Å². The Morgan fingerprint density at radius 3 is 2.00 bits per heavy atom. The molecule has 2 saturated heterocycles. The minimum absolute atomic E-state index is 0.190. The van der Waals surface area contributed by atoms with Crippen molar-refractivity contribution >= 4 is 0 Å². The van der Waals surface area contributed by atoms with Gasteiger partial charge in [0.05, 0.1) is 31.5 Å². The number of ether oxygens (including phenoxy) is 2. The first kappa shape index (κ1) is 19.9. The lowest BCUT2D eigenvalue weighted by Crippen LogP contribution is -2.66. The molecule has 2 aliphatic heterocycles. The van der Waals surface area contributed by atoms with Crippen molar-refractivity contribution in [2.45, 2.75) is 74.4 Å². The Morgan fingerprint density at radius 1 is 0.833 bits per heavy atom. The molecule has 142 valence electrons. The number of rotatable bonds is 5. The van der Waals surface area contributed by atoms with Gasteiger partial charge in [-0.3, -0.25) is 0 Å². The molecule has 2 rings (SSSR count). The van der Waals surface area contributed by atoms with E-state index in [2.05, 4.69) is 5.32 Å². The smallest absolute Gasteiger partial charge is 0.186 e. The Bertz CT molecular complexity index is 360. The third kappa shape index (κ3) is 3.88. The highest BCUT2D eigenvalue weighted by Crippen LogP contribution is 2.23.